The summed E-state index contributed by atoms with van der Waals surface area (Å²) in [6, 6.07) is 4.01. The molecule has 0 aliphatic heterocycles. The summed E-state index contributed by atoms with van der Waals surface area (Å²) in [6.45, 7) is 3.80. The Hall–Kier alpha value is -1.43. The van der Waals surface area contributed by atoms with Crippen LogP contribution in [-0.4, -0.2) is 28.0 Å². The first-order valence-corrected chi connectivity index (χ1v) is 6.35. The first-order chi connectivity index (χ1) is 8.40. The van der Waals surface area contributed by atoms with Crippen molar-refractivity contribution in [3.8, 4) is 0 Å². The van der Waals surface area contributed by atoms with Crippen molar-refractivity contribution in [2.24, 2.45) is 5.92 Å². The van der Waals surface area contributed by atoms with E-state index in [4.69, 9.17) is 5.11 Å². The Labute approximate surface area is 114 Å². The van der Waals surface area contributed by atoms with E-state index in [2.05, 4.69) is 26.2 Å². The third-order valence-electron chi connectivity index (χ3n) is 2.26. The maximum atomic E-state index is 11.8. The van der Waals surface area contributed by atoms with Crippen LogP contribution in [0.25, 0.3) is 0 Å². The molecule has 0 fully saturated rings. The highest BCUT2D eigenvalue weighted by molar-refractivity contribution is 9.10. The molecular formula is C12H15BrN2O3. The van der Waals surface area contributed by atoms with Gasteiger partial charge in [-0.05, 0) is 40.4 Å². The van der Waals surface area contributed by atoms with Gasteiger partial charge < -0.3 is 10.4 Å². The molecule has 0 saturated carbocycles. The van der Waals surface area contributed by atoms with Crippen LogP contribution in [0.3, 0.4) is 0 Å². The van der Waals surface area contributed by atoms with E-state index < -0.39 is 17.9 Å². The smallest absolute Gasteiger partial charge is 0.326 e. The lowest BCUT2D eigenvalue weighted by molar-refractivity contribution is -0.139. The normalized spacial score (nSPS) is 12.2. The van der Waals surface area contributed by atoms with Crippen LogP contribution < -0.4 is 5.32 Å². The fraction of sp³-hybridized carbons (Fsp3) is 0.417. The number of rotatable bonds is 5. The molecule has 1 atom stereocenters. The molecule has 1 aromatic heterocycles. The van der Waals surface area contributed by atoms with E-state index in [0.29, 0.717) is 11.0 Å². The van der Waals surface area contributed by atoms with Gasteiger partial charge in [0.15, 0.2) is 0 Å². The quantitative estimate of drug-likeness (QED) is 0.815. The van der Waals surface area contributed by atoms with Crippen LogP contribution in [0, 0.1) is 5.92 Å². The van der Waals surface area contributed by atoms with Crippen molar-refractivity contribution in [1.29, 1.82) is 0 Å². The minimum absolute atomic E-state index is 0.182. The Morgan fingerprint density at radius 3 is 2.61 bits per heavy atom. The topological polar surface area (TPSA) is 79.3 Å². The monoisotopic (exact) mass is 314 g/mol. The number of carboxylic acids is 1. The molecule has 1 aromatic rings. The lowest BCUT2D eigenvalue weighted by Gasteiger charge is -2.16. The number of hydrogen-bond donors (Lipinski definition) is 2. The summed E-state index contributed by atoms with van der Waals surface area (Å²) in [6.07, 6.45) is 0.384. The van der Waals surface area contributed by atoms with Gasteiger partial charge in [-0.25, -0.2) is 9.78 Å². The molecule has 0 radical (unpaired) electrons. The Kier molecular flexibility index (Phi) is 5.27. The van der Waals surface area contributed by atoms with E-state index >= 15 is 0 Å². The molecule has 0 unspecified atom stereocenters. The van der Waals surface area contributed by atoms with E-state index in [9.17, 15) is 9.59 Å². The van der Waals surface area contributed by atoms with Crippen molar-refractivity contribution in [3.63, 3.8) is 0 Å². The van der Waals surface area contributed by atoms with Gasteiger partial charge in [0.1, 0.15) is 16.3 Å². The van der Waals surface area contributed by atoms with Crippen LogP contribution in [0.5, 0.6) is 0 Å². The number of pyridine rings is 1. The highest BCUT2D eigenvalue weighted by Gasteiger charge is 2.22. The predicted octanol–water partition coefficient (Wildman–Crippen LogP) is 2.07. The molecule has 0 aliphatic carbocycles. The Morgan fingerprint density at radius 1 is 1.44 bits per heavy atom. The van der Waals surface area contributed by atoms with Gasteiger partial charge >= 0.3 is 5.97 Å². The fourth-order valence-corrected chi connectivity index (χ4v) is 1.80. The minimum atomic E-state index is -1.04. The summed E-state index contributed by atoms with van der Waals surface area (Å²) in [7, 11) is 0. The third-order valence-corrected chi connectivity index (χ3v) is 2.70. The van der Waals surface area contributed by atoms with Gasteiger partial charge in [0.05, 0.1) is 0 Å². The number of halogens is 1. The largest absolute Gasteiger partial charge is 0.480 e. The van der Waals surface area contributed by atoms with Crippen molar-refractivity contribution < 1.29 is 14.7 Å². The minimum Gasteiger partial charge on any atom is -0.480 e. The van der Waals surface area contributed by atoms with Crippen molar-refractivity contribution in [1.82, 2.24) is 10.3 Å². The summed E-state index contributed by atoms with van der Waals surface area (Å²) in [5, 5.41) is 11.5. The lowest BCUT2D eigenvalue weighted by Crippen LogP contribution is -2.41. The van der Waals surface area contributed by atoms with Crippen LogP contribution in [0.1, 0.15) is 30.8 Å². The number of aliphatic carboxylic acids is 1. The molecule has 18 heavy (non-hydrogen) atoms. The average molecular weight is 315 g/mol. The zero-order valence-corrected chi connectivity index (χ0v) is 11.8. The van der Waals surface area contributed by atoms with Crippen molar-refractivity contribution in [2.75, 3.05) is 0 Å². The number of hydrogen-bond acceptors (Lipinski definition) is 3. The Balaban J connectivity index is 2.75. The number of carbonyl (C=O) groups excluding carboxylic acids is 1. The van der Waals surface area contributed by atoms with Gasteiger partial charge in [0.25, 0.3) is 5.91 Å². The molecule has 0 spiro atoms. The predicted molar refractivity (Wildman–Crippen MR) is 70.3 cm³/mol. The van der Waals surface area contributed by atoms with Crippen LogP contribution in [0.15, 0.2) is 22.8 Å². The van der Waals surface area contributed by atoms with Gasteiger partial charge in [-0.2, -0.15) is 0 Å². The molecule has 5 nitrogen and oxygen atoms in total. The van der Waals surface area contributed by atoms with E-state index in [1.165, 1.54) is 6.07 Å². The molecule has 0 aromatic carbocycles. The second kappa shape index (κ2) is 6.49. The van der Waals surface area contributed by atoms with Crippen LogP contribution in [0.4, 0.5) is 0 Å². The van der Waals surface area contributed by atoms with Gasteiger partial charge in [0.2, 0.25) is 0 Å². The lowest BCUT2D eigenvalue weighted by atomic mass is 10.0. The van der Waals surface area contributed by atoms with E-state index in [1.54, 1.807) is 12.1 Å². The Morgan fingerprint density at radius 2 is 2.11 bits per heavy atom. The van der Waals surface area contributed by atoms with Crippen molar-refractivity contribution in [3.05, 3.63) is 28.5 Å². The number of amides is 1. The standard InChI is InChI=1S/C12H15BrN2O3/c1-7(2)6-9(12(17)18)15-11(16)8-4-3-5-10(13)14-8/h3-5,7,9H,6H2,1-2H3,(H,15,16)(H,17,18)/t9-/m0/s1. The van der Waals surface area contributed by atoms with Gasteiger partial charge in [-0.3, -0.25) is 4.79 Å². The summed E-state index contributed by atoms with van der Waals surface area (Å²) in [5.74, 6) is -1.33. The number of carboxylic acid groups (broad SMARTS) is 1. The third kappa shape index (κ3) is 4.44. The zero-order chi connectivity index (χ0) is 13.7. The highest BCUT2D eigenvalue weighted by Crippen LogP contribution is 2.08. The Bertz CT molecular complexity index is 449. The second-order valence-corrected chi connectivity index (χ2v) is 5.15. The van der Waals surface area contributed by atoms with Crippen molar-refractivity contribution >= 4 is 27.8 Å². The van der Waals surface area contributed by atoms with E-state index in [-0.39, 0.29) is 11.6 Å². The van der Waals surface area contributed by atoms with Crippen molar-refractivity contribution in [2.45, 2.75) is 26.3 Å². The van der Waals surface area contributed by atoms with Crippen LogP contribution in [0.2, 0.25) is 0 Å². The van der Waals surface area contributed by atoms with Gasteiger partial charge in [-0.1, -0.05) is 19.9 Å². The molecule has 1 rings (SSSR count). The zero-order valence-electron chi connectivity index (χ0n) is 10.2. The molecule has 1 amide bonds. The van der Waals surface area contributed by atoms with E-state index in [0.717, 1.165) is 0 Å². The second-order valence-electron chi connectivity index (χ2n) is 4.34. The van der Waals surface area contributed by atoms with Crippen LogP contribution in [-0.2, 0) is 4.79 Å². The molecule has 6 heteroatoms. The SMILES string of the molecule is CC(C)C[C@H](NC(=O)c1cccc(Br)n1)C(=O)O. The van der Waals surface area contributed by atoms with Crippen LogP contribution >= 0.6 is 15.9 Å². The average Bonchev–Trinajstić information content (AvgIpc) is 2.27. The number of aromatic nitrogens is 1. The number of carbonyl (C=O) groups is 2. The fourth-order valence-electron chi connectivity index (χ4n) is 1.46. The number of nitrogens with zero attached hydrogens (tertiary/aromatic N) is 1. The first kappa shape index (κ1) is 14.6. The van der Waals surface area contributed by atoms with Gasteiger partial charge in [0, 0.05) is 0 Å². The maximum Gasteiger partial charge on any atom is 0.326 e. The number of nitrogens with one attached hydrogen (secondary N) is 1. The first-order valence-electron chi connectivity index (χ1n) is 5.56. The van der Waals surface area contributed by atoms with Gasteiger partial charge in [-0.15, -0.1) is 0 Å². The summed E-state index contributed by atoms with van der Waals surface area (Å²) in [5.41, 5.74) is 0.194. The molecular weight excluding hydrogens is 300 g/mol. The summed E-state index contributed by atoms with van der Waals surface area (Å²) >= 11 is 3.16. The summed E-state index contributed by atoms with van der Waals surface area (Å²) in [4.78, 5) is 26.8. The van der Waals surface area contributed by atoms with E-state index in [1.807, 2.05) is 13.8 Å². The molecule has 1 heterocycles. The highest BCUT2D eigenvalue weighted by atomic mass is 79.9. The molecule has 0 saturated heterocycles. The maximum absolute atomic E-state index is 11.8. The molecule has 98 valence electrons. The molecule has 0 bridgehead atoms. The summed E-state index contributed by atoms with van der Waals surface area (Å²) < 4.78 is 0.533. The molecule has 2 N–H and O–H groups in total. The molecule has 0 aliphatic rings.